The van der Waals surface area contributed by atoms with Crippen molar-refractivity contribution in [2.24, 2.45) is 5.92 Å². The Balaban J connectivity index is 1.95. The second-order valence-corrected chi connectivity index (χ2v) is 5.41. The Labute approximate surface area is 119 Å². The summed E-state index contributed by atoms with van der Waals surface area (Å²) < 4.78 is 0.784. The van der Waals surface area contributed by atoms with E-state index in [2.05, 4.69) is 26.6 Å². The van der Waals surface area contributed by atoms with Gasteiger partial charge in [0.1, 0.15) is 0 Å². The van der Waals surface area contributed by atoms with Crippen LogP contribution in [0.15, 0.2) is 28.7 Å². The maximum absolute atomic E-state index is 11.9. The predicted octanol–water partition coefficient (Wildman–Crippen LogP) is 2.82. The monoisotopic (exact) mass is 326 g/mol. The van der Waals surface area contributed by atoms with Gasteiger partial charge in [0.25, 0.3) is 0 Å². The molecule has 1 aliphatic rings. The van der Waals surface area contributed by atoms with E-state index in [4.69, 9.17) is 5.11 Å². The number of carboxylic acids is 1. The lowest BCUT2D eigenvalue weighted by molar-refractivity contribution is -0.142. The summed E-state index contributed by atoms with van der Waals surface area (Å²) in [5.41, 5.74) is 0.657. The van der Waals surface area contributed by atoms with Crippen molar-refractivity contribution < 1.29 is 14.7 Å². The number of hydrogen-bond acceptors (Lipinski definition) is 2. The van der Waals surface area contributed by atoms with Crippen molar-refractivity contribution in [1.82, 2.24) is 5.32 Å². The molecule has 0 saturated heterocycles. The summed E-state index contributed by atoms with van der Waals surface area (Å²) in [6, 6.07) is 6.60. The molecule has 2 amide bonds. The molecule has 1 fully saturated rings. The van der Waals surface area contributed by atoms with Gasteiger partial charge in [-0.15, -0.1) is 0 Å². The first-order chi connectivity index (χ1) is 9.08. The van der Waals surface area contributed by atoms with Crippen LogP contribution in [-0.2, 0) is 4.79 Å². The van der Waals surface area contributed by atoms with Gasteiger partial charge >= 0.3 is 12.0 Å². The third-order valence-corrected chi connectivity index (χ3v) is 3.96. The first kappa shape index (κ1) is 13.9. The molecule has 1 aliphatic carbocycles. The van der Waals surface area contributed by atoms with Crippen molar-refractivity contribution in [2.75, 3.05) is 5.32 Å². The number of rotatable bonds is 3. The Morgan fingerprint density at radius 2 is 2.00 bits per heavy atom. The molecule has 1 aromatic rings. The number of carbonyl (C=O) groups excluding carboxylic acids is 1. The Morgan fingerprint density at radius 3 is 2.68 bits per heavy atom. The second kappa shape index (κ2) is 6.06. The minimum absolute atomic E-state index is 0.292. The molecule has 6 heteroatoms. The quantitative estimate of drug-likeness (QED) is 0.799. The molecule has 0 radical (unpaired) electrons. The molecule has 2 unspecified atom stereocenters. The normalized spacial score (nSPS) is 21.9. The lowest BCUT2D eigenvalue weighted by Crippen LogP contribution is -2.42. The molecule has 0 heterocycles. The van der Waals surface area contributed by atoms with Crippen LogP contribution >= 0.6 is 15.9 Å². The maximum atomic E-state index is 11.9. The van der Waals surface area contributed by atoms with Crippen LogP contribution < -0.4 is 10.6 Å². The van der Waals surface area contributed by atoms with Crippen LogP contribution in [0.1, 0.15) is 19.3 Å². The summed E-state index contributed by atoms with van der Waals surface area (Å²) >= 11 is 3.34. The molecule has 19 heavy (non-hydrogen) atoms. The van der Waals surface area contributed by atoms with E-state index in [-0.39, 0.29) is 12.1 Å². The summed E-state index contributed by atoms with van der Waals surface area (Å²) in [4.78, 5) is 22.9. The maximum Gasteiger partial charge on any atom is 0.319 e. The molecule has 0 bridgehead atoms. The third kappa shape index (κ3) is 3.47. The lowest BCUT2D eigenvalue weighted by atomic mass is 10.0. The van der Waals surface area contributed by atoms with Gasteiger partial charge in [-0.1, -0.05) is 18.6 Å². The molecule has 2 atom stereocenters. The third-order valence-electron chi connectivity index (χ3n) is 3.27. The van der Waals surface area contributed by atoms with Crippen LogP contribution in [0.2, 0.25) is 0 Å². The van der Waals surface area contributed by atoms with Crippen LogP contribution in [-0.4, -0.2) is 23.1 Å². The summed E-state index contributed by atoms with van der Waals surface area (Å²) in [5, 5.41) is 14.5. The Bertz CT molecular complexity index is 493. The highest BCUT2D eigenvalue weighted by Gasteiger charge is 2.33. The zero-order valence-electron chi connectivity index (χ0n) is 10.2. The van der Waals surface area contributed by atoms with Gasteiger partial charge in [-0.25, -0.2) is 4.79 Å². The average Bonchev–Trinajstić information content (AvgIpc) is 2.80. The fraction of sp³-hybridized carbons (Fsp3) is 0.385. The van der Waals surface area contributed by atoms with Gasteiger partial charge in [0.05, 0.1) is 11.6 Å². The number of nitrogens with one attached hydrogen (secondary N) is 2. The lowest BCUT2D eigenvalue weighted by Gasteiger charge is -2.18. The second-order valence-electron chi connectivity index (χ2n) is 4.56. The van der Waals surface area contributed by atoms with E-state index in [1.54, 1.807) is 6.07 Å². The molecule has 0 spiro atoms. The Morgan fingerprint density at radius 1 is 1.26 bits per heavy atom. The molecule has 1 saturated carbocycles. The number of amides is 2. The minimum Gasteiger partial charge on any atom is -0.481 e. The van der Waals surface area contributed by atoms with Gasteiger partial charge in [0.2, 0.25) is 0 Å². The van der Waals surface area contributed by atoms with Gasteiger partial charge in [-0.2, -0.15) is 0 Å². The zero-order valence-corrected chi connectivity index (χ0v) is 11.8. The summed E-state index contributed by atoms with van der Waals surface area (Å²) in [6.45, 7) is 0. The van der Waals surface area contributed by atoms with Crippen molar-refractivity contribution in [3.05, 3.63) is 28.7 Å². The van der Waals surface area contributed by atoms with Crippen LogP contribution in [0.25, 0.3) is 0 Å². The van der Waals surface area contributed by atoms with E-state index in [0.29, 0.717) is 18.5 Å². The molecule has 0 aliphatic heterocycles. The fourth-order valence-corrected chi connectivity index (χ4v) is 2.70. The fourth-order valence-electron chi connectivity index (χ4n) is 2.32. The van der Waals surface area contributed by atoms with Gasteiger partial charge in [-0.05, 0) is 40.9 Å². The van der Waals surface area contributed by atoms with Crippen LogP contribution in [0, 0.1) is 5.92 Å². The van der Waals surface area contributed by atoms with Crippen molar-refractivity contribution in [2.45, 2.75) is 25.3 Å². The largest absolute Gasteiger partial charge is 0.481 e. The molecule has 1 aromatic carbocycles. The van der Waals surface area contributed by atoms with Gasteiger partial charge in [-0.3, -0.25) is 4.79 Å². The van der Waals surface area contributed by atoms with Crippen LogP contribution in [0.3, 0.4) is 0 Å². The number of para-hydroxylation sites is 1. The van der Waals surface area contributed by atoms with Gasteiger partial charge in [0, 0.05) is 10.5 Å². The van der Waals surface area contributed by atoms with E-state index in [9.17, 15) is 9.59 Å². The van der Waals surface area contributed by atoms with Crippen molar-refractivity contribution in [1.29, 1.82) is 0 Å². The van der Waals surface area contributed by atoms with E-state index >= 15 is 0 Å². The van der Waals surface area contributed by atoms with Crippen LogP contribution in [0.5, 0.6) is 0 Å². The van der Waals surface area contributed by atoms with Crippen LogP contribution in [0.4, 0.5) is 10.5 Å². The number of hydrogen-bond donors (Lipinski definition) is 3. The topological polar surface area (TPSA) is 78.4 Å². The van der Waals surface area contributed by atoms with E-state index in [1.807, 2.05) is 18.2 Å². The highest BCUT2D eigenvalue weighted by atomic mass is 79.9. The van der Waals surface area contributed by atoms with Crippen molar-refractivity contribution in [3.63, 3.8) is 0 Å². The zero-order chi connectivity index (χ0) is 13.8. The van der Waals surface area contributed by atoms with Crippen molar-refractivity contribution >= 4 is 33.6 Å². The summed E-state index contributed by atoms with van der Waals surface area (Å²) in [5.74, 6) is -1.33. The number of anilines is 1. The number of carboxylic acid groups (broad SMARTS) is 1. The first-order valence-corrected chi connectivity index (χ1v) is 6.92. The van der Waals surface area contributed by atoms with Gasteiger partial charge < -0.3 is 15.7 Å². The molecule has 5 nitrogen and oxygen atoms in total. The number of carbonyl (C=O) groups is 2. The van der Waals surface area contributed by atoms with E-state index < -0.39 is 11.9 Å². The van der Waals surface area contributed by atoms with Gasteiger partial charge in [0.15, 0.2) is 0 Å². The highest BCUT2D eigenvalue weighted by Crippen LogP contribution is 2.26. The molecular weight excluding hydrogens is 312 g/mol. The summed E-state index contributed by atoms with van der Waals surface area (Å²) in [7, 11) is 0. The Kier molecular flexibility index (Phi) is 4.42. The highest BCUT2D eigenvalue weighted by molar-refractivity contribution is 9.10. The van der Waals surface area contributed by atoms with Crippen molar-refractivity contribution in [3.8, 4) is 0 Å². The predicted molar refractivity (Wildman–Crippen MR) is 75.1 cm³/mol. The van der Waals surface area contributed by atoms with E-state index in [1.165, 1.54) is 0 Å². The number of urea groups is 1. The minimum atomic E-state index is -0.844. The number of halogens is 1. The molecule has 0 aromatic heterocycles. The number of aliphatic carboxylic acids is 1. The molecule has 2 rings (SSSR count). The van der Waals surface area contributed by atoms with E-state index in [0.717, 1.165) is 10.9 Å². The molecule has 102 valence electrons. The number of benzene rings is 1. The molecule has 3 N–H and O–H groups in total. The Hall–Kier alpha value is -1.56. The standard InChI is InChI=1S/C13H15BrN2O3/c14-9-5-1-2-6-11(9)16-13(19)15-10-7-3-4-8(10)12(17)18/h1-2,5-6,8,10H,3-4,7H2,(H,17,18)(H2,15,16,19). The smallest absolute Gasteiger partial charge is 0.319 e. The average molecular weight is 327 g/mol. The first-order valence-electron chi connectivity index (χ1n) is 6.13. The summed E-state index contributed by atoms with van der Waals surface area (Å²) in [6.07, 6.45) is 2.16. The SMILES string of the molecule is O=C(Nc1ccccc1Br)NC1CCCC1C(=O)O. The molecular formula is C13H15BrN2O3.